The van der Waals surface area contributed by atoms with Gasteiger partial charge in [0, 0.05) is 5.41 Å². The van der Waals surface area contributed by atoms with Gasteiger partial charge in [-0.1, -0.05) is 35.5 Å². The summed E-state index contributed by atoms with van der Waals surface area (Å²) in [6.07, 6.45) is 1.51. The molecule has 0 saturated heterocycles. The Morgan fingerprint density at radius 1 is 1.28 bits per heavy atom. The summed E-state index contributed by atoms with van der Waals surface area (Å²) in [7, 11) is -3.51. The summed E-state index contributed by atoms with van der Waals surface area (Å²) in [5, 5.41) is 13.9. The number of aromatic nitrogens is 4. The van der Waals surface area contributed by atoms with E-state index in [4.69, 9.17) is 0 Å². The molecule has 0 bridgehead atoms. The van der Waals surface area contributed by atoms with Crippen LogP contribution in [0.3, 0.4) is 0 Å². The number of aromatic amines is 1. The average molecular weight is 265 g/mol. The summed E-state index contributed by atoms with van der Waals surface area (Å²) in [5.41, 5.74) is 0.808. The van der Waals surface area contributed by atoms with E-state index in [2.05, 4.69) is 25.3 Å². The van der Waals surface area contributed by atoms with Crippen molar-refractivity contribution < 1.29 is 8.42 Å². The van der Waals surface area contributed by atoms with Crippen LogP contribution in [0.4, 0.5) is 0 Å². The van der Waals surface area contributed by atoms with Crippen molar-refractivity contribution in [3.8, 4) is 0 Å². The van der Waals surface area contributed by atoms with Crippen molar-refractivity contribution in [2.45, 2.75) is 6.54 Å². The third-order valence-corrected chi connectivity index (χ3v) is 3.10. The summed E-state index contributed by atoms with van der Waals surface area (Å²) in [4.78, 5) is 0. The molecule has 0 atom stereocenters. The van der Waals surface area contributed by atoms with Gasteiger partial charge in [-0.05, 0) is 11.6 Å². The topological polar surface area (TPSA) is 101 Å². The molecule has 1 aromatic carbocycles. The fourth-order valence-electron chi connectivity index (χ4n) is 1.20. The number of nitrogens with zero attached hydrogens (tertiary/aromatic N) is 3. The van der Waals surface area contributed by atoms with E-state index in [1.165, 1.54) is 6.08 Å². The Balaban J connectivity index is 1.97. The minimum Gasteiger partial charge on any atom is -0.208 e. The molecule has 0 aliphatic heterocycles. The molecule has 94 valence electrons. The first-order valence-electron chi connectivity index (χ1n) is 5.11. The third-order valence-electron chi connectivity index (χ3n) is 2.06. The first-order valence-corrected chi connectivity index (χ1v) is 6.65. The highest BCUT2D eigenvalue weighted by molar-refractivity contribution is 7.92. The van der Waals surface area contributed by atoms with E-state index in [1.54, 1.807) is 0 Å². The number of hydrogen-bond donors (Lipinski definition) is 2. The number of benzene rings is 1. The van der Waals surface area contributed by atoms with Crippen molar-refractivity contribution in [3.05, 3.63) is 47.1 Å². The Morgan fingerprint density at radius 2 is 2.06 bits per heavy atom. The molecule has 1 aromatic heterocycles. The first kappa shape index (κ1) is 12.4. The monoisotopic (exact) mass is 265 g/mol. The smallest absolute Gasteiger partial charge is 0.208 e. The van der Waals surface area contributed by atoms with E-state index in [1.807, 2.05) is 30.3 Å². The normalized spacial score (nSPS) is 12.0. The molecule has 7 nitrogen and oxygen atoms in total. The molecule has 2 rings (SSSR count). The Bertz CT molecular complexity index is 607. The second-order valence-corrected chi connectivity index (χ2v) is 5.06. The summed E-state index contributed by atoms with van der Waals surface area (Å²) in [6, 6.07) is 9.15. The number of hydrogen-bond acceptors (Lipinski definition) is 5. The first-order chi connectivity index (χ1) is 8.66. The highest BCUT2D eigenvalue weighted by Gasteiger charge is 2.06. The minimum atomic E-state index is -3.51. The molecule has 0 fully saturated rings. The molecule has 0 saturated carbocycles. The number of rotatable bonds is 5. The molecule has 0 aliphatic carbocycles. The SMILES string of the molecule is O=S(=O)(C=Cc1ccccc1)NCc1nn[nH]n1. The van der Waals surface area contributed by atoms with E-state index in [0.717, 1.165) is 11.0 Å². The van der Waals surface area contributed by atoms with Crippen LogP contribution in [0.15, 0.2) is 35.7 Å². The van der Waals surface area contributed by atoms with Crippen molar-refractivity contribution in [1.29, 1.82) is 0 Å². The van der Waals surface area contributed by atoms with E-state index >= 15 is 0 Å². The Labute approximate surface area is 104 Å². The van der Waals surface area contributed by atoms with Crippen LogP contribution in [0.5, 0.6) is 0 Å². The van der Waals surface area contributed by atoms with Crippen LogP contribution in [0, 0.1) is 0 Å². The van der Waals surface area contributed by atoms with Crippen molar-refractivity contribution in [2.75, 3.05) is 0 Å². The van der Waals surface area contributed by atoms with Crippen molar-refractivity contribution >= 4 is 16.1 Å². The molecule has 2 aromatic rings. The molecule has 0 radical (unpaired) electrons. The second kappa shape index (κ2) is 5.52. The van der Waals surface area contributed by atoms with Gasteiger partial charge in [-0.25, -0.2) is 13.1 Å². The van der Waals surface area contributed by atoms with Crippen molar-refractivity contribution in [1.82, 2.24) is 25.3 Å². The maximum Gasteiger partial charge on any atom is 0.234 e. The quantitative estimate of drug-likeness (QED) is 0.809. The van der Waals surface area contributed by atoms with E-state index in [-0.39, 0.29) is 12.4 Å². The Kier molecular flexibility index (Phi) is 3.80. The van der Waals surface area contributed by atoms with Crippen LogP contribution in [0.25, 0.3) is 6.08 Å². The molecule has 1 heterocycles. The average Bonchev–Trinajstić information content (AvgIpc) is 2.89. The molecular weight excluding hydrogens is 254 g/mol. The summed E-state index contributed by atoms with van der Waals surface area (Å²) in [5.74, 6) is 0.284. The zero-order chi connectivity index (χ0) is 12.8. The number of nitrogens with one attached hydrogen (secondary N) is 2. The van der Waals surface area contributed by atoms with Gasteiger partial charge < -0.3 is 0 Å². The number of tetrazole rings is 1. The highest BCUT2D eigenvalue weighted by atomic mass is 32.2. The number of H-pyrrole nitrogens is 1. The highest BCUT2D eigenvalue weighted by Crippen LogP contribution is 2.02. The van der Waals surface area contributed by atoms with E-state index < -0.39 is 10.0 Å². The zero-order valence-corrected chi connectivity index (χ0v) is 10.1. The Morgan fingerprint density at radius 3 is 2.72 bits per heavy atom. The molecule has 18 heavy (non-hydrogen) atoms. The standard InChI is InChI=1S/C10H11N5O2S/c16-18(17,11-8-10-12-14-15-13-10)7-6-9-4-2-1-3-5-9/h1-7,11H,8H2,(H,12,13,14,15). The van der Waals surface area contributed by atoms with Crippen LogP contribution in [0.2, 0.25) is 0 Å². The van der Waals surface area contributed by atoms with Crippen LogP contribution >= 0.6 is 0 Å². The molecule has 0 spiro atoms. The third kappa shape index (κ3) is 3.75. The summed E-state index contributed by atoms with van der Waals surface area (Å²) < 4.78 is 25.6. The molecule has 0 amide bonds. The van der Waals surface area contributed by atoms with Gasteiger partial charge in [-0.15, -0.1) is 10.2 Å². The second-order valence-electron chi connectivity index (χ2n) is 3.41. The van der Waals surface area contributed by atoms with E-state index in [0.29, 0.717) is 0 Å². The summed E-state index contributed by atoms with van der Waals surface area (Å²) >= 11 is 0. The lowest BCUT2D eigenvalue weighted by Crippen LogP contribution is -2.21. The lowest BCUT2D eigenvalue weighted by molar-refractivity contribution is 0.589. The maximum absolute atomic E-state index is 11.6. The van der Waals surface area contributed by atoms with Gasteiger partial charge in [0.25, 0.3) is 0 Å². The van der Waals surface area contributed by atoms with Gasteiger partial charge >= 0.3 is 0 Å². The fourth-order valence-corrected chi connectivity index (χ4v) is 1.97. The largest absolute Gasteiger partial charge is 0.234 e. The fraction of sp³-hybridized carbons (Fsp3) is 0.100. The molecule has 0 unspecified atom stereocenters. The minimum absolute atomic E-state index is 0.00202. The zero-order valence-electron chi connectivity index (χ0n) is 9.31. The van der Waals surface area contributed by atoms with Crippen molar-refractivity contribution in [2.24, 2.45) is 0 Å². The molecule has 2 N–H and O–H groups in total. The molecular formula is C10H11N5O2S. The van der Waals surface area contributed by atoms with Crippen LogP contribution in [-0.2, 0) is 16.6 Å². The van der Waals surface area contributed by atoms with Crippen LogP contribution < -0.4 is 4.72 Å². The maximum atomic E-state index is 11.6. The lowest BCUT2D eigenvalue weighted by Gasteiger charge is -1.98. The van der Waals surface area contributed by atoms with Gasteiger partial charge in [0.2, 0.25) is 10.0 Å². The Hall–Kier alpha value is -2.06. The molecule has 0 aliphatic rings. The van der Waals surface area contributed by atoms with E-state index in [9.17, 15) is 8.42 Å². The van der Waals surface area contributed by atoms with Gasteiger partial charge in [-0.3, -0.25) is 0 Å². The predicted molar refractivity (Wildman–Crippen MR) is 65.4 cm³/mol. The number of sulfonamides is 1. The lowest BCUT2D eigenvalue weighted by atomic mass is 10.2. The van der Waals surface area contributed by atoms with Gasteiger partial charge in [-0.2, -0.15) is 5.21 Å². The van der Waals surface area contributed by atoms with Gasteiger partial charge in [0.15, 0.2) is 5.82 Å². The van der Waals surface area contributed by atoms with Crippen LogP contribution in [0.1, 0.15) is 11.4 Å². The van der Waals surface area contributed by atoms with Crippen molar-refractivity contribution in [3.63, 3.8) is 0 Å². The van der Waals surface area contributed by atoms with Gasteiger partial charge in [0.05, 0.1) is 6.54 Å². The summed E-state index contributed by atoms with van der Waals surface area (Å²) in [6.45, 7) is -0.00202. The predicted octanol–water partition coefficient (Wildman–Crippen LogP) is 0.290. The van der Waals surface area contributed by atoms with Crippen LogP contribution in [-0.4, -0.2) is 29.0 Å². The van der Waals surface area contributed by atoms with Gasteiger partial charge in [0.1, 0.15) is 0 Å². The molecule has 8 heteroatoms.